The maximum Gasteiger partial charge on any atom is 0.341 e. The molecule has 4 aromatic carbocycles. The van der Waals surface area contributed by atoms with E-state index >= 15 is 0 Å². The summed E-state index contributed by atoms with van der Waals surface area (Å²) in [7, 11) is 0. The summed E-state index contributed by atoms with van der Waals surface area (Å²) in [4.78, 5) is 41.7. The van der Waals surface area contributed by atoms with Gasteiger partial charge in [0.05, 0.1) is 5.71 Å². The number of benzene rings is 4. The third kappa shape index (κ3) is 13.1. The number of carboxylic acid groups (broad SMARTS) is 2. The Hall–Kier alpha value is -7.86. The SMILES string of the molecule is CC(CC1=Cc2cccc(OCC(=O)O)c2CC1)=NOC(c1ccccc1)c1ccncc1.O=C(O)COc1cccc2c1CCC(CC=NOC(c1ccccc1)c1ccncc1)=C2. The molecule has 2 aliphatic rings. The summed E-state index contributed by atoms with van der Waals surface area (Å²) in [6.07, 6.45) is 17.2. The highest BCUT2D eigenvalue weighted by atomic mass is 16.6. The molecule has 0 amide bonds. The van der Waals surface area contributed by atoms with E-state index < -0.39 is 11.9 Å². The molecule has 0 saturated carbocycles. The number of allylic oxidation sites excluding steroid dienone is 2. The number of oxime groups is 2. The molecular weight excluding hydrogens is 821 g/mol. The minimum atomic E-state index is -0.980. The van der Waals surface area contributed by atoms with Crippen LogP contribution in [0.2, 0.25) is 0 Å². The van der Waals surface area contributed by atoms with Crippen LogP contribution < -0.4 is 9.47 Å². The maximum atomic E-state index is 10.8. The monoisotopic (exact) mass is 870 g/mol. The number of nitrogens with zero attached hydrogens (tertiary/aromatic N) is 4. The van der Waals surface area contributed by atoms with E-state index in [-0.39, 0.29) is 25.4 Å². The number of aromatic nitrogens is 2. The van der Waals surface area contributed by atoms with Crippen molar-refractivity contribution in [3.63, 3.8) is 0 Å². The number of rotatable bonds is 18. The van der Waals surface area contributed by atoms with Gasteiger partial charge in [-0.05, 0) is 91.3 Å². The summed E-state index contributed by atoms with van der Waals surface area (Å²) < 4.78 is 10.9. The molecule has 0 aliphatic heterocycles. The fraction of sp³-hybridized carbons (Fsp3) is 0.208. The summed E-state index contributed by atoms with van der Waals surface area (Å²) in [5.41, 5.74) is 11.6. The van der Waals surface area contributed by atoms with Crippen LogP contribution in [0, 0.1) is 0 Å². The van der Waals surface area contributed by atoms with Crippen molar-refractivity contribution in [2.24, 2.45) is 10.3 Å². The molecule has 2 heterocycles. The molecule has 330 valence electrons. The first kappa shape index (κ1) is 45.2. The minimum Gasteiger partial charge on any atom is -0.482 e. The Kier molecular flexibility index (Phi) is 16.0. The molecule has 0 radical (unpaired) electrons. The fourth-order valence-corrected chi connectivity index (χ4v) is 7.70. The first-order valence-electron chi connectivity index (χ1n) is 21.4. The van der Waals surface area contributed by atoms with Crippen molar-refractivity contribution >= 4 is 36.0 Å². The second-order valence-corrected chi connectivity index (χ2v) is 15.5. The van der Waals surface area contributed by atoms with Crippen LogP contribution in [0.15, 0.2) is 168 Å². The third-order valence-electron chi connectivity index (χ3n) is 10.8. The number of hydrogen-bond donors (Lipinski definition) is 2. The topological polar surface area (TPSA) is 162 Å². The van der Waals surface area contributed by atoms with Gasteiger partial charge in [0.2, 0.25) is 0 Å². The van der Waals surface area contributed by atoms with Crippen LogP contribution >= 0.6 is 0 Å². The van der Waals surface area contributed by atoms with Gasteiger partial charge in [0.15, 0.2) is 25.4 Å². The van der Waals surface area contributed by atoms with Crippen molar-refractivity contribution in [3.05, 3.63) is 202 Å². The van der Waals surface area contributed by atoms with Gasteiger partial charge in [-0.15, -0.1) is 0 Å². The predicted octanol–water partition coefficient (Wildman–Crippen LogP) is 10.5. The van der Waals surface area contributed by atoms with E-state index in [2.05, 4.69) is 32.4 Å². The smallest absolute Gasteiger partial charge is 0.341 e. The predicted molar refractivity (Wildman–Crippen MR) is 250 cm³/mol. The maximum absolute atomic E-state index is 10.8. The van der Waals surface area contributed by atoms with E-state index in [0.717, 1.165) is 75.9 Å². The summed E-state index contributed by atoms with van der Waals surface area (Å²) in [6, 6.07) is 39.2. The van der Waals surface area contributed by atoms with Crippen LogP contribution in [0.3, 0.4) is 0 Å². The fourth-order valence-electron chi connectivity index (χ4n) is 7.70. The van der Waals surface area contributed by atoms with Crippen molar-refractivity contribution < 1.29 is 39.0 Å². The van der Waals surface area contributed by atoms with E-state index in [9.17, 15) is 9.59 Å². The molecule has 2 atom stereocenters. The van der Waals surface area contributed by atoms with E-state index in [0.29, 0.717) is 24.3 Å². The Morgan fingerprint density at radius 3 is 1.55 bits per heavy atom. The molecule has 0 fully saturated rings. The minimum absolute atomic E-state index is 0.301. The molecule has 0 spiro atoms. The summed E-state index contributed by atoms with van der Waals surface area (Å²) in [5, 5.41) is 26.5. The second-order valence-electron chi connectivity index (χ2n) is 15.5. The van der Waals surface area contributed by atoms with Gasteiger partial charge in [0.1, 0.15) is 11.5 Å². The first-order valence-corrected chi connectivity index (χ1v) is 21.4. The highest BCUT2D eigenvalue weighted by Gasteiger charge is 2.20. The number of pyridine rings is 2. The molecule has 0 saturated heterocycles. The zero-order chi connectivity index (χ0) is 45.2. The Labute approximate surface area is 378 Å². The zero-order valence-electron chi connectivity index (χ0n) is 36.0. The first-order chi connectivity index (χ1) is 31.8. The quantitative estimate of drug-likeness (QED) is 0.0628. The van der Waals surface area contributed by atoms with E-state index in [1.54, 1.807) is 31.0 Å². The lowest BCUT2D eigenvalue weighted by Gasteiger charge is -2.20. The number of carboxylic acids is 2. The zero-order valence-corrected chi connectivity index (χ0v) is 36.0. The van der Waals surface area contributed by atoms with Crippen molar-refractivity contribution in [1.82, 2.24) is 9.97 Å². The number of ether oxygens (including phenoxy) is 2. The van der Waals surface area contributed by atoms with Gasteiger partial charge in [0, 0.05) is 66.1 Å². The van der Waals surface area contributed by atoms with Gasteiger partial charge >= 0.3 is 11.9 Å². The van der Waals surface area contributed by atoms with Crippen molar-refractivity contribution in [3.8, 4) is 11.5 Å². The van der Waals surface area contributed by atoms with Crippen molar-refractivity contribution in [1.29, 1.82) is 0 Å². The standard InChI is InChI=1S/C27H26N2O4.C26H24N2O4/c1-19(29-33-27(21-6-3-2-4-7-21)22-12-14-28-15-13-22)16-20-10-11-24-23(17-20)8-5-9-25(24)32-18-26(30)31;29-25(30)18-31-24-8-4-7-22-17-19(9-10-23(22)24)11-16-28-32-26(20-5-2-1-3-6-20)21-12-14-27-15-13-21/h2-9,12-15,17,27H,10-11,16,18H2,1H3,(H,30,31);1-8,12-17,26H,9-11,18H2,(H,29,30). The summed E-state index contributed by atoms with van der Waals surface area (Å²) in [5.74, 6) is -0.680. The molecule has 65 heavy (non-hydrogen) atoms. The van der Waals surface area contributed by atoms with E-state index in [1.165, 1.54) is 11.1 Å². The van der Waals surface area contributed by atoms with Crippen LogP contribution in [0.25, 0.3) is 12.2 Å². The van der Waals surface area contributed by atoms with E-state index in [4.69, 9.17) is 29.4 Å². The van der Waals surface area contributed by atoms with Crippen LogP contribution in [-0.2, 0) is 32.1 Å². The lowest BCUT2D eigenvalue weighted by molar-refractivity contribution is -0.140. The number of aliphatic carboxylic acids is 2. The number of fused-ring (bicyclic) bond motifs is 2. The third-order valence-corrected chi connectivity index (χ3v) is 10.8. The number of hydrogen-bond acceptors (Lipinski definition) is 10. The normalized spacial score (nSPS) is 14.0. The van der Waals surface area contributed by atoms with E-state index in [1.807, 2.05) is 128 Å². The molecule has 2 aromatic heterocycles. The van der Waals surface area contributed by atoms with Gasteiger partial charge in [0.25, 0.3) is 0 Å². The molecular formula is C53H50N4O8. The van der Waals surface area contributed by atoms with Gasteiger partial charge in [-0.1, -0.05) is 119 Å². The Balaban J connectivity index is 0.000000194. The molecule has 6 aromatic rings. The molecule has 2 aliphatic carbocycles. The molecule has 12 heteroatoms. The van der Waals surface area contributed by atoms with Crippen LogP contribution in [0.4, 0.5) is 0 Å². The average Bonchev–Trinajstić information content (AvgIpc) is 3.34. The lowest BCUT2D eigenvalue weighted by atomic mass is 9.89. The van der Waals surface area contributed by atoms with Gasteiger partial charge in [-0.3, -0.25) is 9.97 Å². The highest BCUT2D eigenvalue weighted by molar-refractivity contribution is 5.85. The number of carbonyl (C=O) groups is 2. The molecule has 12 nitrogen and oxygen atoms in total. The summed E-state index contributed by atoms with van der Waals surface area (Å²) in [6.45, 7) is 1.30. The molecule has 8 rings (SSSR count). The van der Waals surface area contributed by atoms with Gasteiger partial charge < -0.3 is 29.4 Å². The van der Waals surface area contributed by atoms with Crippen molar-refractivity contribution in [2.75, 3.05) is 13.2 Å². The Bertz CT molecular complexity index is 2560. The van der Waals surface area contributed by atoms with Crippen LogP contribution in [0.5, 0.6) is 11.5 Å². The highest BCUT2D eigenvalue weighted by Crippen LogP contribution is 2.34. The molecule has 2 unspecified atom stereocenters. The summed E-state index contributed by atoms with van der Waals surface area (Å²) >= 11 is 0. The molecule has 0 bridgehead atoms. The van der Waals surface area contributed by atoms with Gasteiger partial charge in [-0.25, -0.2) is 9.59 Å². The van der Waals surface area contributed by atoms with Crippen molar-refractivity contribution in [2.45, 2.75) is 57.7 Å². The Morgan fingerprint density at radius 2 is 1.05 bits per heavy atom. The average molecular weight is 871 g/mol. The Morgan fingerprint density at radius 1 is 0.585 bits per heavy atom. The molecule has 2 N–H and O–H groups in total. The van der Waals surface area contributed by atoms with Gasteiger partial charge in [-0.2, -0.15) is 0 Å². The second kappa shape index (κ2) is 23.0. The van der Waals surface area contributed by atoms with Crippen LogP contribution in [-0.4, -0.2) is 57.3 Å². The largest absolute Gasteiger partial charge is 0.482 e. The van der Waals surface area contributed by atoms with Crippen LogP contribution in [0.1, 0.15) is 89.3 Å². The lowest BCUT2D eigenvalue weighted by Crippen LogP contribution is -2.12.